The first-order valence-corrected chi connectivity index (χ1v) is 8.14. The summed E-state index contributed by atoms with van der Waals surface area (Å²) in [5, 5.41) is 0. The van der Waals surface area contributed by atoms with Gasteiger partial charge in [0, 0.05) is 17.3 Å². The summed E-state index contributed by atoms with van der Waals surface area (Å²) in [6.45, 7) is 9.00. The molecule has 0 saturated heterocycles. The standard InChI is InChI=1S/C9H12.C9H7.2CO.BF4.Mo/c1-2-6-9(5-1)7-3-4-8-9;1-2-5-9-7-3-6-8(9)4-1;2*1-2;2-1(3,4)5;/h1-2,5-6H,3-4,7-8H2;1-7H;;;;/q;;;;-1;+2. The Morgan fingerprint density at radius 2 is 1.11 bits per heavy atom. The maximum absolute atomic E-state index is 9.75. The second-order valence-corrected chi connectivity index (χ2v) is 5.81. The zero-order valence-corrected chi connectivity index (χ0v) is 17.0. The van der Waals surface area contributed by atoms with Crippen molar-refractivity contribution in [2.45, 2.75) is 25.7 Å². The van der Waals surface area contributed by atoms with Crippen molar-refractivity contribution in [3.63, 3.8) is 0 Å². The molecule has 147 valence electrons. The van der Waals surface area contributed by atoms with Gasteiger partial charge < -0.3 is 17.3 Å². The summed E-state index contributed by atoms with van der Waals surface area (Å²) in [6, 6.07) is 0. The van der Waals surface area contributed by atoms with Gasteiger partial charge in [-0.3, -0.25) is 0 Å². The van der Waals surface area contributed by atoms with Gasteiger partial charge in [-0.1, -0.05) is 61.4 Å². The molecule has 0 aliphatic heterocycles. The minimum atomic E-state index is -6.00. The van der Waals surface area contributed by atoms with E-state index < -0.39 is 7.25 Å². The van der Waals surface area contributed by atoms with Crippen LogP contribution in [-0.4, -0.2) is 7.25 Å². The molecule has 4 aliphatic rings. The van der Waals surface area contributed by atoms with E-state index in [1.807, 2.05) is 0 Å². The van der Waals surface area contributed by atoms with Crippen LogP contribution in [0.15, 0.2) is 48.6 Å². The van der Waals surface area contributed by atoms with E-state index in [4.69, 9.17) is 9.30 Å². The summed E-state index contributed by atoms with van der Waals surface area (Å²) >= 11 is 0. The molecule has 0 amide bonds. The molecule has 0 bridgehead atoms. The third kappa shape index (κ3) is 12.4. The zero-order chi connectivity index (χ0) is 20.8. The third-order valence-corrected chi connectivity index (χ3v) is 4.05. The first kappa shape index (κ1) is 29.1. The van der Waals surface area contributed by atoms with Crippen LogP contribution < -0.4 is 0 Å². The van der Waals surface area contributed by atoms with E-state index in [1.165, 1.54) is 37.5 Å². The van der Waals surface area contributed by atoms with Gasteiger partial charge in [0.05, 0.1) is 0 Å². The number of hydrogen-bond donors (Lipinski definition) is 0. The molecule has 0 N–H and O–H groups in total. The van der Waals surface area contributed by atoms with Gasteiger partial charge in [0.1, 0.15) is 0 Å². The minimum Gasteiger partial charge on any atom is -0.0762 e. The summed E-state index contributed by atoms with van der Waals surface area (Å²) in [5.41, 5.74) is 0.528. The van der Waals surface area contributed by atoms with E-state index in [2.05, 4.69) is 81.2 Å². The average Bonchev–Trinajstić information content (AvgIpc) is 3.41. The van der Waals surface area contributed by atoms with Gasteiger partial charge in [-0.15, -0.1) is 0 Å². The molecule has 0 unspecified atom stereocenters. The van der Waals surface area contributed by atoms with E-state index >= 15 is 0 Å². The van der Waals surface area contributed by atoms with Crippen molar-refractivity contribution in [1.29, 1.82) is 0 Å². The summed E-state index contributed by atoms with van der Waals surface area (Å²) < 4.78 is 54.0. The quantitative estimate of drug-likeness (QED) is 0.185. The van der Waals surface area contributed by atoms with Gasteiger partial charge in [-0.25, -0.2) is 0 Å². The molecule has 1 spiro atoms. The number of allylic oxidation sites excluding steroid dienone is 8. The van der Waals surface area contributed by atoms with E-state index in [-0.39, 0.29) is 21.1 Å². The van der Waals surface area contributed by atoms with Crippen molar-refractivity contribution in [3.05, 3.63) is 93.0 Å². The van der Waals surface area contributed by atoms with Gasteiger partial charge in [-0.2, -0.15) is 0 Å². The van der Waals surface area contributed by atoms with Crippen LogP contribution in [0, 0.1) is 49.8 Å². The van der Waals surface area contributed by atoms with Crippen molar-refractivity contribution in [1.82, 2.24) is 0 Å². The Labute approximate surface area is 179 Å². The molecule has 0 aromatic rings. The second kappa shape index (κ2) is 15.8. The molecule has 0 atom stereocenters. The minimum absolute atomic E-state index is 0. The topological polar surface area (TPSA) is 39.8 Å². The van der Waals surface area contributed by atoms with Crippen LogP contribution in [0.2, 0.25) is 0 Å². The molecule has 0 aromatic heterocycles. The molecular formula is C20H19BF4MoO2+. The van der Waals surface area contributed by atoms with Crippen LogP contribution in [-0.2, 0) is 30.4 Å². The molecule has 0 aromatic carbocycles. The van der Waals surface area contributed by atoms with Crippen molar-refractivity contribution in [2.75, 3.05) is 0 Å². The molecule has 2 nitrogen and oxygen atoms in total. The molecule has 28 heavy (non-hydrogen) atoms. The van der Waals surface area contributed by atoms with Gasteiger partial charge in [0.25, 0.3) is 0 Å². The van der Waals surface area contributed by atoms with E-state index in [1.54, 1.807) is 0 Å². The Balaban J connectivity index is 0. The number of rotatable bonds is 0. The van der Waals surface area contributed by atoms with Crippen molar-refractivity contribution < 1.29 is 47.6 Å². The molecule has 0 heterocycles. The molecule has 4 rings (SSSR count). The van der Waals surface area contributed by atoms with Crippen LogP contribution >= 0.6 is 0 Å². The first-order chi connectivity index (χ1) is 12.9. The van der Waals surface area contributed by atoms with Gasteiger partial charge in [0.15, 0.2) is 0 Å². The van der Waals surface area contributed by atoms with E-state index in [9.17, 15) is 17.3 Å². The summed E-state index contributed by atoms with van der Waals surface area (Å²) in [7, 11) is -6.00. The SMILES string of the molecule is C1=CC2(C=C1)CCCC2.F[B-](F)(F)F.[C-]#[O+].[C-]#[O+].[CH]1[CH][C]2C=CC=C[C]2[CH]1.[Mo+2]. The second-order valence-electron chi connectivity index (χ2n) is 5.81. The van der Waals surface area contributed by atoms with Crippen LogP contribution in [0.25, 0.3) is 0 Å². The monoisotopic (exact) mass is 476 g/mol. The van der Waals surface area contributed by atoms with Gasteiger partial charge in [-0.05, 0) is 32.1 Å². The van der Waals surface area contributed by atoms with E-state index in [0.29, 0.717) is 5.41 Å². The van der Waals surface area contributed by atoms with E-state index in [0.717, 1.165) is 0 Å². The fourth-order valence-electron chi connectivity index (χ4n) is 2.99. The third-order valence-electron chi connectivity index (χ3n) is 4.05. The maximum atomic E-state index is 9.75. The molecule has 8 heteroatoms. The Bertz CT molecular complexity index is 518. The molecule has 5 radical (unpaired) electrons. The Kier molecular flexibility index (Phi) is 16.4. The number of fused-ring (bicyclic) bond motifs is 1. The van der Waals surface area contributed by atoms with Crippen molar-refractivity contribution in [2.24, 2.45) is 5.41 Å². The van der Waals surface area contributed by atoms with Crippen LogP contribution in [0.1, 0.15) is 25.7 Å². The Morgan fingerprint density at radius 1 is 0.750 bits per heavy atom. The molecule has 4 aliphatic carbocycles. The van der Waals surface area contributed by atoms with Crippen LogP contribution in [0.3, 0.4) is 0 Å². The molecule has 2 fully saturated rings. The maximum Gasteiger partial charge on any atom is 2.00 e. The summed E-state index contributed by atoms with van der Waals surface area (Å²) in [5.74, 6) is 2.66. The summed E-state index contributed by atoms with van der Waals surface area (Å²) in [4.78, 5) is 0. The zero-order valence-electron chi connectivity index (χ0n) is 15.0. The average molecular weight is 474 g/mol. The van der Waals surface area contributed by atoms with Gasteiger partial charge >= 0.3 is 50.9 Å². The van der Waals surface area contributed by atoms with Crippen molar-refractivity contribution >= 4 is 7.25 Å². The van der Waals surface area contributed by atoms with Crippen LogP contribution in [0.4, 0.5) is 17.3 Å². The van der Waals surface area contributed by atoms with Crippen LogP contribution in [0.5, 0.6) is 0 Å². The van der Waals surface area contributed by atoms with Crippen molar-refractivity contribution in [3.8, 4) is 0 Å². The fourth-order valence-corrected chi connectivity index (χ4v) is 2.99. The normalized spacial score (nSPS) is 20.1. The molecular weight excluding hydrogens is 455 g/mol. The Morgan fingerprint density at radius 3 is 1.46 bits per heavy atom. The molecule has 2 saturated carbocycles. The number of halogens is 4. The smallest absolute Gasteiger partial charge is 0.0762 e. The van der Waals surface area contributed by atoms with Gasteiger partial charge in [0.2, 0.25) is 0 Å². The number of hydrogen-bond acceptors (Lipinski definition) is 0. The first-order valence-electron chi connectivity index (χ1n) is 8.14. The fraction of sp³-hybridized carbons (Fsp3) is 0.250. The largest absolute Gasteiger partial charge is 2.00 e. The predicted octanol–water partition coefficient (Wildman–Crippen LogP) is 5.78. The Hall–Kier alpha value is -1.09. The summed E-state index contributed by atoms with van der Waals surface area (Å²) in [6.07, 6.45) is 29.4. The predicted molar refractivity (Wildman–Crippen MR) is 94.9 cm³/mol.